The fraction of sp³-hybridized carbons (Fsp3) is 0.167. The largest absolute Gasteiger partial charge is 0.476 e. The third kappa shape index (κ3) is 3.49. The van der Waals surface area contributed by atoms with E-state index in [1.165, 1.54) is 5.38 Å². The Hall–Kier alpha value is -0.560. The van der Waals surface area contributed by atoms with Crippen LogP contribution in [0.25, 0.3) is 0 Å². The maximum Gasteiger partial charge on any atom is 0.355 e. The number of hydrogen-bond acceptors (Lipinski definition) is 4. The average Bonchev–Trinajstić information content (AvgIpc) is 2.50. The first-order chi connectivity index (χ1) is 6.80. The number of carbonyl (C=O) groups is 2. The lowest BCUT2D eigenvalue weighted by Gasteiger charge is -2.08. The van der Waals surface area contributed by atoms with Gasteiger partial charge in [-0.05, 0) is 0 Å². The van der Waals surface area contributed by atoms with Gasteiger partial charge in [-0.25, -0.2) is 9.78 Å². The second kappa shape index (κ2) is 4.52. The Kier molecular flexibility index (Phi) is 3.77. The topological polar surface area (TPSA) is 79.3 Å². The first-order valence-electron chi connectivity index (χ1n) is 3.37. The van der Waals surface area contributed by atoms with Gasteiger partial charge in [0.25, 0.3) is 9.70 Å². The van der Waals surface area contributed by atoms with Crippen molar-refractivity contribution < 1.29 is 14.7 Å². The molecule has 0 spiro atoms. The van der Waals surface area contributed by atoms with Crippen LogP contribution >= 0.6 is 46.1 Å². The number of rotatable bonds is 2. The number of anilines is 1. The minimum atomic E-state index is -2.10. The number of hydrogen-bond donors (Lipinski definition) is 2. The molecule has 0 unspecified atom stereocenters. The predicted octanol–water partition coefficient (Wildman–Crippen LogP) is 2.15. The standard InChI is InChI=1S/C6H3Cl3N2O3S/c7-6(8,9)4(14)11-5-10-2(1-15-5)3(12)13/h1H,(H,12,13)(H,10,11,14). The molecule has 1 rings (SSSR count). The predicted molar refractivity (Wildman–Crippen MR) is 58.0 cm³/mol. The number of carboxylic acids is 1. The minimum absolute atomic E-state index is 0.0590. The molecule has 0 aliphatic heterocycles. The molecule has 0 aliphatic rings. The van der Waals surface area contributed by atoms with Crippen molar-refractivity contribution in [2.45, 2.75) is 3.79 Å². The van der Waals surface area contributed by atoms with E-state index in [-0.39, 0.29) is 10.8 Å². The summed E-state index contributed by atoms with van der Waals surface area (Å²) in [7, 11) is 0. The fourth-order valence-electron chi connectivity index (χ4n) is 0.597. The van der Waals surface area contributed by atoms with Crippen LogP contribution in [0.4, 0.5) is 5.13 Å². The van der Waals surface area contributed by atoms with Gasteiger partial charge in [-0.1, -0.05) is 34.8 Å². The quantitative estimate of drug-likeness (QED) is 0.818. The number of amides is 1. The van der Waals surface area contributed by atoms with Crippen LogP contribution in [0.3, 0.4) is 0 Å². The lowest BCUT2D eigenvalue weighted by molar-refractivity contribution is -0.115. The number of carbonyl (C=O) groups excluding carboxylic acids is 1. The summed E-state index contributed by atoms with van der Waals surface area (Å²) in [6.07, 6.45) is 0. The highest BCUT2D eigenvalue weighted by atomic mass is 35.6. The molecule has 0 aromatic carbocycles. The van der Waals surface area contributed by atoms with E-state index in [0.717, 1.165) is 11.3 Å². The summed E-state index contributed by atoms with van der Waals surface area (Å²) in [5, 5.41) is 12.0. The van der Waals surface area contributed by atoms with E-state index in [1.54, 1.807) is 0 Å². The fourth-order valence-corrected chi connectivity index (χ4v) is 1.42. The summed E-state index contributed by atoms with van der Waals surface area (Å²) >= 11 is 16.8. The van der Waals surface area contributed by atoms with Crippen LogP contribution in [0.5, 0.6) is 0 Å². The van der Waals surface area contributed by atoms with Crippen molar-refractivity contribution in [2.75, 3.05) is 5.32 Å². The molecule has 5 nitrogen and oxygen atoms in total. The van der Waals surface area contributed by atoms with E-state index in [0.29, 0.717) is 0 Å². The molecule has 1 aromatic rings. The summed E-state index contributed by atoms with van der Waals surface area (Å²) in [5.41, 5.74) is -0.181. The lowest BCUT2D eigenvalue weighted by Crippen LogP contribution is -2.26. The molecule has 2 N–H and O–H groups in total. The summed E-state index contributed by atoms with van der Waals surface area (Å²) in [6, 6.07) is 0. The second-order valence-electron chi connectivity index (χ2n) is 2.29. The van der Waals surface area contributed by atoms with Crippen LogP contribution in [0.15, 0.2) is 5.38 Å². The average molecular weight is 290 g/mol. The molecule has 0 saturated carbocycles. The summed E-state index contributed by atoms with van der Waals surface area (Å²) in [4.78, 5) is 25.1. The number of nitrogens with zero attached hydrogens (tertiary/aromatic N) is 1. The highest BCUT2D eigenvalue weighted by Gasteiger charge is 2.31. The summed E-state index contributed by atoms with van der Waals surface area (Å²) in [6.45, 7) is 0. The van der Waals surface area contributed by atoms with Gasteiger partial charge in [0.2, 0.25) is 0 Å². The molecule has 0 atom stereocenters. The zero-order valence-corrected chi connectivity index (χ0v) is 9.91. The Labute approximate surface area is 103 Å². The van der Waals surface area contributed by atoms with Gasteiger partial charge in [0.05, 0.1) is 0 Å². The van der Waals surface area contributed by atoms with Crippen LogP contribution in [0.2, 0.25) is 0 Å². The molecule has 0 saturated heterocycles. The van der Waals surface area contributed by atoms with Crippen molar-refractivity contribution in [1.29, 1.82) is 0 Å². The number of halogens is 3. The Morgan fingerprint density at radius 3 is 2.47 bits per heavy atom. The van der Waals surface area contributed by atoms with Crippen LogP contribution in [0, 0.1) is 0 Å². The van der Waals surface area contributed by atoms with Crippen LogP contribution in [-0.2, 0) is 4.79 Å². The number of nitrogens with one attached hydrogen (secondary N) is 1. The second-order valence-corrected chi connectivity index (χ2v) is 5.43. The lowest BCUT2D eigenvalue weighted by atomic mass is 10.5. The number of alkyl halides is 3. The number of thiazole rings is 1. The van der Waals surface area contributed by atoms with Crippen molar-refractivity contribution >= 4 is 63.1 Å². The van der Waals surface area contributed by atoms with Gasteiger partial charge in [-0.2, -0.15) is 0 Å². The molecule has 0 fully saturated rings. The van der Waals surface area contributed by atoms with Gasteiger partial charge in [0.15, 0.2) is 10.8 Å². The monoisotopic (exact) mass is 288 g/mol. The van der Waals surface area contributed by atoms with E-state index >= 15 is 0 Å². The summed E-state index contributed by atoms with van der Waals surface area (Å²) < 4.78 is -2.10. The SMILES string of the molecule is O=C(O)c1csc(NC(=O)C(Cl)(Cl)Cl)n1. The number of carboxylic acid groups (broad SMARTS) is 1. The molecule has 0 aliphatic carbocycles. The van der Waals surface area contributed by atoms with Gasteiger partial charge >= 0.3 is 5.97 Å². The van der Waals surface area contributed by atoms with E-state index < -0.39 is 15.7 Å². The number of aromatic nitrogens is 1. The van der Waals surface area contributed by atoms with E-state index in [9.17, 15) is 9.59 Å². The van der Waals surface area contributed by atoms with Crippen molar-refractivity contribution in [3.63, 3.8) is 0 Å². The zero-order valence-electron chi connectivity index (χ0n) is 6.83. The first-order valence-corrected chi connectivity index (χ1v) is 5.39. The molecule has 82 valence electrons. The molecule has 0 bridgehead atoms. The smallest absolute Gasteiger partial charge is 0.355 e. The molecule has 9 heteroatoms. The van der Waals surface area contributed by atoms with Gasteiger partial charge in [-0.3, -0.25) is 10.1 Å². The van der Waals surface area contributed by atoms with Crippen molar-refractivity contribution in [2.24, 2.45) is 0 Å². The Bertz CT molecular complexity index is 401. The Morgan fingerprint density at radius 1 is 1.47 bits per heavy atom. The highest BCUT2D eigenvalue weighted by molar-refractivity contribution is 7.14. The highest BCUT2D eigenvalue weighted by Crippen LogP contribution is 2.28. The van der Waals surface area contributed by atoms with Crippen molar-refractivity contribution in [1.82, 2.24) is 4.98 Å². The molecule has 0 radical (unpaired) electrons. The Balaban J connectivity index is 2.74. The molecular weight excluding hydrogens is 287 g/mol. The van der Waals surface area contributed by atoms with Gasteiger partial charge in [-0.15, -0.1) is 11.3 Å². The third-order valence-electron chi connectivity index (χ3n) is 1.20. The Morgan fingerprint density at radius 2 is 2.07 bits per heavy atom. The van der Waals surface area contributed by atoms with Crippen LogP contribution in [-0.4, -0.2) is 25.8 Å². The van der Waals surface area contributed by atoms with Gasteiger partial charge < -0.3 is 5.11 Å². The van der Waals surface area contributed by atoms with Crippen molar-refractivity contribution in [3.05, 3.63) is 11.1 Å². The molecular formula is C6H3Cl3N2O3S. The summed E-state index contributed by atoms with van der Waals surface area (Å²) in [5.74, 6) is -2.08. The van der Waals surface area contributed by atoms with Crippen LogP contribution < -0.4 is 5.32 Å². The van der Waals surface area contributed by atoms with E-state index in [2.05, 4.69) is 10.3 Å². The zero-order chi connectivity index (χ0) is 11.6. The van der Waals surface area contributed by atoms with E-state index in [4.69, 9.17) is 39.9 Å². The van der Waals surface area contributed by atoms with Crippen LogP contribution in [0.1, 0.15) is 10.5 Å². The molecule has 1 aromatic heterocycles. The maximum atomic E-state index is 11.1. The normalized spacial score (nSPS) is 11.1. The third-order valence-corrected chi connectivity index (χ3v) is 2.47. The maximum absolute atomic E-state index is 11.1. The van der Waals surface area contributed by atoms with Gasteiger partial charge in [0, 0.05) is 5.38 Å². The first kappa shape index (κ1) is 12.5. The number of aromatic carboxylic acids is 1. The molecule has 1 amide bonds. The van der Waals surface area contributed by atoms with Gasteiger partial charge in [0.1, 0.15) is 0 Å². The molecule has 1 heterocycles. The van der Waals surface area contributed by atoms with E-state index in [1.807, 2.05) is 0 Å². The van der Waals surface area contributed by atoms with Crippen molar-refractivity contribution in [3.8, 4) is 0 Å². The minimum Gasteiger partial charge on any atom is -0.476 e. The molecule has 15 heavy (non-hydrogen) atoms.